The van der Waals surface area contributed by atoms with E-state index in [1.807, 2.05) is 17.5 Å². The Balaban J connectivity index is 2.60. The topological polar surface area (TPSA) is 62.7 Å². The van der Waals surface area contributed by atoms with Gasteiger partial charge in [-0.1, -0.05) is 41.5 Å². The molecule has 1 aromatic heterocycles. The van der Waals surface area contributed by atoms with Crippen LogP contribution in [0.25, 0.3) is 11.3 Å². The number of phenols is 1. The molecule has 0 aliphatic carbocycles. The maximum atomic E-state index is 11.7. The molecule has 0 bridgehead atoms. The molecule has 0 aliphatic heterocycles. The molecule has 0 atom stereocenters. The minimum atomic E-state index is -0.456. The van der Waals surface area contributed by atoms with Crippen LogP contribution in [0.1, 0.15) is 52.7 Å². The quantitative estimate of drug-likeness (QED) is 0.771. The summed E-state index contributed by atoms with van der Waals surface area (Å²) in [6, 6.07) is 3.98. The molecule has 6 heteroatoms. The second-order valence-electron chi connectivity index (χ2n) is 8.46. The summed E-state index contributed by atoms with van der Waals surface area (Å²) in [5.74, 6) is 0.343. The molecule has 1 amide bonds. The fraction of sp³-hybridized carbons (Fsp3) is 0.500. The summed E-state index contributed by atoms with van der Waals surface area (Å²) in [5.41, 5.74) is 3.06. The van der Waals surface area contributed by atoms with Gasteiger partial charge in [-0.05, 0) is 23.0 Å². The average Bonchev–Trinajstić information content (AvgIpc) is 3.01. The van der Waals surface area contributed by atoms with Crippen molar-refractivity contribution in [2.75, 3.05) is 19.1 Å². The molecule has 0 saturated heterocycles. The molecule has 2 rings (SSSR count). The summed E-state index contributed by atoms with van der Waals surface area (Å²) in [4.78, 5) is 17.7. The molecule has 0 aliphatic rings. The SMILES string of the molecule is COC(=O)N(C)c1nc(-c2cc(C(C)(C)C)c(O)c(C(C)(C)C)c2)cs1. The third-order valence-corrected chi connectivity index (χ3v) is 5.17. The van der Waals surface area contributed by atoms with Crippen LogP contribution in [0.4, 0.5) is 9.93 Å². The summed E-state index contributed by atoms with van der Waals surface area (Å²) in [5, 5.41) is 13.3. The largest absolute Gasteiger partial charge is 0.507 e. The number of phenolic OH excluding ortho intramolecular Hbond substituents is 1. The lowest BCUT2D eigenvalue weighted by Crippen LogP contribution is -2.25. The van der Waals surface area contributed by atoms with Crippen molar-refractivity contribution >= 4 is 22.6 Å². The van der Waals surface area contributed by atoms with Gasteiger partial charge in [-0.2, -0.15) is 0 Å². The second kappa shape index (κ2) is 6.91. The van der Waals surface area contributed by atoms with Gasteiger partial charge in [-0.3, -0.25) is 4.90 Å². The van der Waals surface area contributed by atoms with Crippen molar-refractivity contribution in [3.8, 4) is 17.0 Å². The lowest BCUT2D eigenvalue weighted by molar-refractivity contribution is 0.180. The van der Waals surface area contributed by atoms with Gasteiger partial charge in [0.25, 0.3) is 0 Å². The molecule has 1 heterocycles. The van der Waals surface area contributed by atoms with E-state index >= 15 is 0 Å². The number of ether oxygens (including phenoxy) is 1. The Labute approximate surface area is 159 Å². The summed E-state index contributed by atoms with van der Waals surface area (Å²) in [6.07, 6.45) is -0.456. The molecule has 5 nitrogen and oxygen atoms in total. The van der Waals surface area contributed by atoms with Gasteiger partial charge in [0.1, 0.15) is 5.75 Å². The van der Waals surface area contributed by atoms with Crippen molar-refractivity contribution < 1.29 is 14.6 Å². The third kappa shape index (κ3) is 4.01. The second-order valence-corrected chi connectivity index (χ2v) is 9.30. The van der Waals surface area contributed by atoms with E-state index in [1.54, 1.807) is 7.05 Å². The number of hydrogen-bond acceptors (Lipinski definition) is 5. The predicted molar refractivity (Wildman–Crippen MR) is 107 cm³/mol. The van der Waals surface area contributed by atoms with E-state index < -0.39 is 6.09 Å². The zero-order valence-electron chi connectivity index (χ0n) is 16.8. The van der Waals surface area contributed by atoms with Crippen LogP contribution in [0.5, 0.6) is 5.75 Å². The van der Waals surface area contributed by atoms with Crippen molar-refractivity contribution in [2.24, 2.45) is 0 Å². The molecule has 26 heavy (non-hydrogen) atoms. The van der Waals surface area contributed by atoms with Crippen molar-refractivity contribution in [2.45, 2.75) is 52.4 Å². The Morgan fingerprint density at radius 3 is 2.04 bits per heavy atom. The van der Waals surface area contributed by atoms with Crippen LogP contribution in [-0.2, 0) is 15.6 Å². The lowest BCUT2D eigenvalue weighted by atomic mass is 9.78. The van der Waals surface area contributed by atoms with Gasteiger partial charge in [0.2, 0.25) is 0 Å². The number of methoxy groups -OCH3 is 1. The number of aromatic hydroxyl groups is 1. The molecular weight excluding hydrogens is 348 g/mol. The van der Waals surface area contributed by atoms with Crippen molar-refractivity contribution in [3.63, 3.8) is 0 Å². The Morgan fingerprint density at radius 2 is 1.62 bits per heavy atom. The van der Waals surface area contributed by atoms with E-state index in [-0.39, 0.29) is 10.8 Å². The molecular formula is C20H28N2O3S. The van der Waals surface area contributed by atoms with Gasteiger partial charge < -0.3 is 9.84 Å². The fourth-order valence-corrected chi connectivity index (χ4v) is 3.48. The normalized spacial score (nSPS) is 12.2. The minimum absolute atomic E-state index is 0.207. The Hall–Kier alpha value is -2.08. The van der Waals surface area contributed by atoms with Gasteiger partial charge in [0, 0.05) is 29.1 Å². The van der Waals surface area contributed by atoms with Crippen molar-refractivity contribution in [1.82, 2.24) is 4.98 Å². The van der Waals surface area contributed by atoms with E-state index in [0.717, 1.165) is 22.4 Å². The van der Waals surface area contributed by atoms with E-state index in [2.05, 4.69) is 46.5 Å². The van der Waals surface area contributed by atoms with Crippen LogP contribution in [0.3, 0.4) is 0 Å². The summed E-state index contributed by atoms with van der Waals surface area (Å²) in [6.45, 7) is 12.5. The first kappa shape index (κ1) is 20.2. The maximum Gasteiger partial charge on any atom is 0.415 e. The highest BCUT2D eigenvalue weighted by atomic mass is 32.1. The average molecular weight is 377 g/mol. The van der Waals surface area contributed by atoms with Crippen LogP contribution in [-0.4, -0.2) is 30.3 Å². The maximum absolute atomic E-state index is 11.7. The number of rotatable bonds is 2. The predicted octanol–water partition coefficient (Wildman–Crippen LogP) is 5.31. The van der Waals surface area contributed by atoms with Crippen LogP contribution in [0, 0.1) is 0 Å². The Bertz CT molecular complexity index is 778. The van der Waals surface area contributed by atoms with Crippen LogP contribution >= 0.6 is 11.3 Å². The monoisotopic (exact) mass is 376 g/mol. The molecule has 1 aromatic carbocycles. The first-order chi connectivity index (χ1) is 11.9. The van der Waals surface area contributed by atoms with Gasteiger partial charge in [-0.15, -0.1) is 11.3 Å². The fourth-order valence-electron chi connectivity index (χ4n) is 2.69. The number of benzene rings is 1. The van der Waals surface area contributed by atoms with Gasteiger partial charge in [-0.25, -0.2) is 9.78 Å². The molecule has 0 spiro atoms. The van der Waals surface area contributed by atoms with Crippen molar-refractivity contribution in [1.29, 1.82) is 0 Å². The number of hydrogen-bond donors (Lipinski definition) is 1. The standard InChI is InChI=1S/C20H28N2O3S/c1-19(2,3)13-9-12(10-14(16(13)23)20(4,5)6)15-11-26-17(21-15)22(7)18(24)25-8/h9-11,23H,1-8H3. The lowest BCUT2D eigenvalue weighted by Gasteiger charge is -2.28. The summed E-state index contributed by atoms with van der Waals surface area (Å²) in [7, 11) is 2.98. The first-order valence-corrected chi connectivity index (χ1v) is 9.39. The van der Waals surface area contributed by atoms with Crippen LogP contribution in [0.2, 0.25) is 0 Å². The Kier molecular flexibility index (Phi) is 5.38. The molecule has 0 saturated carbocycles. The highest BCUT2D eigenvalue weighted by Gasteiger charge is 2.27. The zero-order valence-corrected chi connectivity index (χ0v) is 17.6. The number of aromatic nitrogens is 1. The van der Waals surface area contributed by atoms with E-state index in [4.69, 9.17) is 4.74 Å². The van der Waals surface area contributed by atoms with Crippen LogP contribution in [0.15, 0.2) is 17.5 Å². The van der Waals surface area contributed by atoms with Crippen molar-refractivity contribution in [3.05, 3.63) is 28.6 Å². The van der Waals surface area contributed by atoms with Gasteiger partial charge in [0.15, 0.2) is 5.13 Å². The minimum Gasteiger partial charge on any atom is -0.507 e. The number of carbonyl (C=O) groups excluding carboxylic acids is 1. The highest BCUT2D eigenvalue weighted by Crippen LogP contribution is 2.42. The molecule has 0 radical (unpaired) electrons. The molecule has 0 fully saturated rings. The molecule has 1 N–H and O–H groups in total. The number of nitrogens with zero attached hydrogens (tertiary/aromatic N) is 2. The van der Waals surface area contributed by atoms with E-state index in [1.165, 1.54) is 23.3 Å². The summed E-state index contributed by atoms with van der Waals surface area (Å²) < 4.78 is 4.75. The Morgan fingerprint density at radius 1 is 1.12 bits per heavy atom. The van der Waals surface area contributed by atoms with Gasteiger partial charge >= 0.3 is 6.09 Å². The van der Waals surface area contributed by atoms with E-state index in [0.29, 0.717) is 10.9 Å². The number of anilines is 1. The van der Waals surface area contributed by atoms with Crippen LogP contribution < -0.4 is 4.90 Å². The first-order valence-electron chi connectivity index (χ1n) is 8.51. The third-order valence-electron chi connectivity index (χ3n) is 4.25. The number of amides is 1. The highest BCUT2D eigenvalue weighted by molar-refractivity contribution is 7.14. The smallest absolute Gasteiger partial charge is 0.415 e. The number of carbonyl (C=O) groups is 1. The zero-order chi connectivity index (χ0) is 19.9. The summed E-state index contributed by atoms with van der Waals surface area (Å²) >= 11 is 1.38. The number of thiazole rings is 1. The molecule has 142 valence electrons. The van der Waals surface area contributed by atoms with Gasteiger partial charge in [0.05, 0.1) is 12.8 Å². The van der Waals surface area contributed by atoms with E-state index in [9.17, 15) is 9.90 Å². The molecule has 2 aromatic rings. The molecule has 0 unspecified atom stereocenters.